The lowest BCUT2D eigenvalue weighted by Gasteiger charge is -1.96. The minimum atomic E-state index is -4.35. The van der Waals surface area contributed by atoms with Crippen molar-refractivity contribution in [3.8, 4) is 0 Å². The van der Waals surface area contributed by atoms with Crippen molar-refractivity contribution in [1.82, 2.24) is 0 Å². The van der Waals surface area contributed by atoms with Crippen LogP contribution >= 0.6 is 0 Å². The van der Waals surface area contributed by atoms with Gasteiger partial charge in [-0.1, -0.05) is 6.08 Å². The highest BCUT2D eigenvalue weighted by Crippen LogP contribution is 2.15. The third kappa shape index (κ3) is 6.89. The average molecular weight is 168 g/mol. The molecule has 5 heteroatoms. The van der Waals surface area contributed by atoms with Crippen molar-refractivity contribution in [3.05, 3.63) is 12.2 Å². The Balaban J connectivity index is 3.70. The third-order valence-corrected chi connectivity index (χ3v) is 0.819. The standard InChI is InChI=1S/C6H7F3O2/c1-11-5(10)3-2-4-6(7,8)9/h2,4H,3H2,1H3. The van der Waals surface area contributed by atoms with Gasteiger partial charge in [-0.2, -0.15) is 13.2 Å². The van der Waals surface area contributed by atoms with Crippen LogP contribution in [-0.4, -0.2) is 19.3 Å². The van der Waals surface area contributed by atoms with E-state index in [0.717, 1.165) is 7.11 Å². The molecule has 0 N–H and O–H groups in total. The SMILES string of the molecule is COC(=O)CC=CC(F)(F)F. The van der Waals surface area contributed by atoms with E-state index in [9.17, 15) is 18.0 Å². The van der Waals surface area contributed by atoms with Crippen LogP contribution in [0.1, 0.15) is 6.42 Å². The monoisotopic (exact) mass is 168 g/mol. The van der Waals surface area contributed by atoms with E-state index < -0.39 is 12.1 Å². The largest absolute Gasteiger partial charge is 0.469 e. The number of alkyl halides is 3. The van der Waals surface area contributed by atoms with Gasteiger partial charge in [-0.15, -0.1) is 0 Å². The van der Waals surface area contributed by atoms with Crippen LogP contribution in [-0.2, 0) is 9.53 Å². The van der Waals surface area contributed by atoms with E-state index in [0.29, 0.717) is 6.08 Å². The summed E-state index contributed by atoms with van der Waals surface area (Å²) in [4.78, 5) is 10.3. The van der Waals surface area contributed by atoms with Crippen LogP contribution < -0.4 is 0 Å². The lowest BCUT2D eigenvalue weighted by molar-refractivity contribution is -0.139. The molecule has 0 rings (SSSR count). The number of halogens is 3. The quantitative estimate of drug-likeness (QED) is 0.463. The summed E-state index contributed by atoms with van der Waals surface area (Å²) in [6, 6.07) is 0. The van der Waals surface area contributed by atoms with Crippen LogP contribution in [0.4, 0.5) is 13.2 Å². The van der Waals surface area contributed by atoms with E-state index in [-0.39, 0.29) is 12.5 Å². The fraction of sp³-hybridized carbons (Fsp3) is 0.500. The molecule has 0 aliphatic heterocycles. The van der Waals surface area contributed by atoms with Crippen LogP contribution in [0.3, 0.4) is 0 Å². The normalized spacial score (nSPS) is 12.0. The smallest absolute Gasteiger partial charge is 0.409 e. The molecule has 0 fully saturated rings. The van der Waals surface area contributed by atoms with Crippen molar-refractivity contribution in [2.24, 2.45) is 0 Å². The van der Waals surface area contributed by atoms with Crippen molar-refractivity contribution in [2.45, 2.75) is 12.6 Å². The zero-order valence-corrected chi connectivity index (χ0v) is 5.81. The number of hydrogen-bond acceptors (Lipinski definition) is 2. The zero-order chi connectivity index (χ0) is 8.91. The van der Waals surface area contributed by atoms with Crippen LogP contribution in [0.2, 0.25) is 0 Å². The van der Waals surface area contributed by atoms with Gasteiger partial charge in [0, 0.05) is 6.08 Å². The van der Waals surface area contributed by atoms with Crippen molar-refractivity contribution < 1.29 is 22.7 Å². The second-order valence-corrected chi connectivity index (χ2v) is 1.72. The van der Waals surface area contributed by atoms with E-state index in [1.165, 1.54) is 0 Å². The third-order valence-electron chi connectivity index (χ3n) is 0.819. The summed E-state index contributed by atoms with van der Waals surface area (Å²) >= 11 is 0. The van der Waals surface area contributed by atoms with Gasteiger partial charge in [0.05, 0.1) is 13.5 Å². The molecule has 0 unspecified atom stereocenters. The predicted octanol–water partition coefficient (Wildman–Crippen LogP) is 1.67. The van der Waals surface area contributed by atoms with Gasteiger partial charge in [-0.25, -0.2) is 0 Å². The van der Waals surface area contributed by atoms with Crippen molar-refractivity contribution >= 4 is 5.97 Å². The van der Waals surface area contributed by atoms with Gasteiger partial charge in [0.25, 0.3) is 0 Å². The summed E-state index contributed by atoms with van der Waals surface area (Å²) < 4.78 is 38.2. The highest BCUT2D eigenvalue weighted by atomic mass is 19.4. The molecule has 0 saturated heterocycles. The number of carbonyl (C=O) groups excluding carboxylic acids is 1. The first-order chi connectivity index (χ1) is 4.95. The summed E-state index contributed by atoms with van der Waals surface area (Å²) in [5.74, 6) is -0.689. The molecular formula is C6H7F3O2. The molecule has 2 nitrogen and oxygen atoms in total. The molecule has 0 heterocycles. The number of allylic oxidation sites excluding steroid dienone is 1. The van der Waals surface area contributed by atoms with Gasteiger partial charge in [0.1, 0.15) is 0 Å². The maximum atomic E-state index is 11.4. The Kier molecular flexibility index (Phi) is 3.64. The molecule has 0 aliphatic rings. The number of ether oxygens (including phenoxy) is 1. The first-order valence-electron chi connectivity index (χ1n) is 2.77. The van der Waals surface area contributed by atoms with Crippen molar-refractivity contribution in [1.29, 1.82) is 0 Å². The minimum absolute atomic E-state index is 0.00389. The number of methoxy groups -OCH3 is 1. The molecule has 0 saturated carbocycles. The van der Waals surface area contributed by atoms with Gasteiger partial charge < -0.3 is 4.74 Å². The zero-order valence-electron chi connectivity index (χ0n) is 5.81. The first kappa shape index (κ1) is 10.0. The van der Waals surface area contributed by atoms with Crippen LogP contribution in [0.5, 0.6) is 0 Å². The van der Waals surface area contributed by atoms with Gasteiger partial charge in [0.2, 0.25) is 0 Å². The molecule has 0 aromatic heterocycles. The topological polar surface area (TPSA) is 26.3 Å². The van der Waals surface area contributed by atoms with Crippen LogP contribution in [0.25, 0.3) is 0 Å². The molecule has 64 valence electrons. The molecule has 11 heavy (non-hydrogen) atoms. The van der Waals surface area contributed by atoms with Crippen LogP contribution in [0.15, 0.2) is 12.2 Å². The molecule has 0 aromatic rings. The van der Waals surface area contributed by atoms with E-state index in [2.05, 4.69) is 4.74 Å². The summed E-state index contributed by atoms with van der Waals surface area (Å²) in [5.41, 5.74) is 0. The highest BCUT2D eigenvalue weighted by molar-refractivity contribution is 5.70. The summed E-state index contributed by atoms with van der Waals surface area (Å²) in [6.07, 6.45) is -3.99. The molecule has 0 atom stereocenters. The summed E-state index contributed by atoms with van der Waals surface area (Å²) in [5, 5.41) is 0. The Morgan fingerprint density at radius 3 is 2.45 bits per heavy atom. The molecule has 0 radical (unpaired) electrons. The number of rotatable bonds is 2. The number of carbonyl (C=O) groups is 1. The molecule has 0 aromatic carbocycles. The highest BCUT2D eigenvalue weighted by Gasteiger charge is 2.21. The van der Waals surface area contributed by atoms with Gasteiger partial charge in [-0.05, 0) is 0 Å². The molecule has 0 bridgehead atoms. The lowest BCUT2D eigenvalue weighted by atomic mass is 10.4. The molecular weight excluding hydrogens is 161 g/mol. The van der Waals surface area contributed by atoms with Gasteiger partial charge >= 0.3 is 12.1 Å². The Labute approximate surface area is 61.6 Å². The molecule has 0 aliphatic carbocycles. The van der Waals surface area contributed by atoms with Gasteiger partial charge in [-0.3, -0.25) is 4.79 Å². The lowest BCUT2D eigenvalue weighted by Crippen LogP contribution is -2.02. The second kappa shape index (κ2) is 4.00. The molecule has 0 amide bonds. The van der Waals surface area contributed by atoms with E-state index >= 15 is 0 Å². The Hall–Kier alpha value is -1.00. The Morgan fingerprint density at radius 1 is 1.55 bits per heavy atom. The summed E-state index contributed by atoms with van der Waals surface area (Å²) in [7, 11) is 1.11. The predicted molar refractivity (Wildman–Crippen MR) is 31.8 cm³/mol. The second-order valence-electron chi connectivity index (χ2n) is 1.72. The maximum absolute atomic E-state index is 11.4. The summed E-state index contributed by atoms with van der Waals surface area (Å²) in [6.45, 7) is 0. The average Bonchev–Trinajstić information content (AvgIpc) is 1.85. The van der Waals surface area contributed by atoms with Gasteiger partial charge in [0.15, 0.2) is 0 Å². The Morgan fingerprint density at radius 2 is 2.09 bits per heavy atom. The Bertz CT molecular complexity index is 160. The van der Waals surface area contributed by atoms with E-state index in [1.54, 1.807) is 0 Å². The fourth-order valence-corrected chi connectivity index (χ4v) is 0.372. The number of esters is 1. The van der Waals surface area contributed by atoms with E-state index in [1.807, 2.05) is 0 Å². The fourth-order valence-electron chi connectivity index (χ4n) is 0.372. The minimum Gasteiger partial charge on any atom is -0.469 e. The van der Waals surface area contributed by atoms with Crippen molar-refractivity contribution in [2.75, 3.05) is 7.11 Å². The van der Waals surface area contributed by atoms with E-state index in [4.69, 9.17) is 0 Å². The molecule has 0 spiro atoms. The number of hydrogen-bond donors (Lipinski definition) is 0. The maximum Gasteiger partial charge on any atom is 0.409 e. The van der Waals surface area contributed by atoms with Crippen molar-refractivity contribution in [3.63, 3.8) is 0 Å². The first-order valence-corrected chi connectivity index (χ1v) is 2.77. The van der Waals surface area contributed by atoms with Crippen LogP contribution in [0, 0.1) is 0 Å².